The van der Waals surface area contributed by atoms with Gasteiger partial charge in [0.2, 0.25) is 0 Å². The molecule has 1 rings (SSSR count). The van der Waals surface area contributed by atoms with Crippen LogP contribution in [-0.4, -0.2) is 12.3 Å². The molecule has 0 heterocycles. The van der Waals surface area contributed by atoms with E-state index in [2.05, 4.69) is 10.0 Å². The van der Waals surface area contributed by atoms with E-state index >= 15 is 0 Å². The van der Waals surface area contributed by atoms with Gasteiger partial charge in [-0.3, -0.25) is 4.79 Å². The van der Waals surface area contributed by atoms with Gasteiger partial charge >= 0.3 is 0 Å². The van der Waals surface area contributed by atoms with E-state index in [0.717, 1.165) is 5.56 Å². The SMILES string of the molecule is CC(=O)c1ccc(C=CCN=[N+]=[N-])cc1. The summed E-state index contributed by atoms with van der Waals surface area (Å²) in [4.78, 5) is 13.6. The van der Waals surface area contributed by atoms with Crippen LogP contribution in [0.25, 0.3) is 16.5 Å². The smallest absolute Gasteiger partial charge is 0.159 e. The third-order valence-electron chi connectivity index (χ3n) is 1.88. The van der Waals surface area contributed by atoms with Gasteiger partial charge in [-0.2, -0.15) is 0 Å². The molecular formula is C11H11N3O. The molecule has 0 aliphatic heterocycles. The molecule has 0 aliphatic rings. The van der Waals surface area contributed by atoms with Crippen molar-refractivity contribution in [2.45, 2.75) is 6.92 Å². The normalized spacial score (nSPS) is 9.93. The lowest BCUT2D eigenvalue weighted by molar-refractivity contribution is 0.101. The average Bonchev–Trinajstić information content (AvgIpc) is 2.25. The van der Waals surface area contributed by atoms with E-state index in [9.17, 15) is 4.79 Å². The second kappa shape index (κ2) is 5.62. The van der Waals surface area contributed by atoms with Crippen molar-refractivity contribution < 1.29 is 4.79 Å². The van der Waals surface area contributed by atoms with Crippen LogP contribution in [0, 0.1) is 0 Å². The summed E-state index contributed by atoms with van der Waals surface area (Å²) >= 11 is 0. The minimum absolute atomic E-state index is 0.0552. The van der Waals surface area contributed by atoms with Gasteiger partial charge in [0, 0.05) is 17.0 Å². The molecule has 0 saturated carbocycles. The summed E-state index contributed by atoms with van der Waals surface area (Å²) in [6.07, 6.45) is 3.61. The number of nitrogens with zero attached hydrogens (tertiary/aromatic N) is 3. The maximum Gasteiger partial charge on any atom is 0.159 e. The van der Waals surface area contributed by atoms with E-state index in [1.165, 1.54) is 6.92 Å². The number of Topliss-reactive ketones (excluding diaryl/α,β-unsaturated/α-hetero) is 1. The molecule has 76 valence electrons. The van der Waals surface area contributed by atoms with Gasteiger partial charge in [0.25, 0.3) is 0 Å². The van der Waals surface area contributed by atoms with Crippen LogP contribution in [0.2, 0.25) is 0 Å². The number of ketones is 1. The van der Waals surface area contributed by atoms with Crippen molar-refractivity contribution in [3.63, 3.8) is 0 Å². The monoisotopic (exact) mass is 201 g/mol. The predicted molar refractivity (Wildman–Crippen MR) is 59.5 cm³/mol. The lowest BCUT2D eigenvalue weighted by Gasteiger charge is -1.96. The highest BCUT2D eigenvalue weighted by molar-refractivity contribution is 5.94. The molecule has 1 aromatic rings. The first kappa shape index (κ1) is 11.0. The van der Waals surface area contributed by atoms with Crippen LogP contribution >= 0.6 is 0 Å². The highest BCUT2D eigenvalue weighted by Crippen LogP contribution is 2.06. The van der Waals surface area contributed by atoms with Crippen molar-refractivity contribution >= 4 is 11.9 Å². The average molecular weight is 201 g/mol. The summed E-state index contributed by atoms with van der Waals surface area (Å²) in [5.41, 5.74) is 9.72. The Labute approximate surface area is 87.9 Å². The number of hydrogen-bond acceptors (Lipinski definition) is 2. The predicted octanol–water partition coefficient (Wildman–Crippen LogP) is 3.21. The summed E-state index contributed by atoms with van der Waals surface area (Å²) in [5, 5.41) is 3.37. The summed E-state index contributed by atoms with van der Waals surface area (Å²) in [5.74, 6) is 0.0552. The lowest BCUT2D eigenvalue weighted by Crippen LogP contribution is -1.90. The Morgan fingerprint density at radius 1 is 1.47 bits per heavy atom. The van der Waals surface area contributed by atoms with Gasteiger partial charge in [-0.25, -0.2) is 0 Å². The number of rotatable bonds is 4. The topological polar surface area (TPSA) is 65.8 Å². The summed E-state index contributed by atoms with van der Waals surface area (Å²) in [7, 11) is 0. The number of carbonyl (C=O) groups excluding carboxylic acids is 1. The first-order chi connectivity index (χ1) is 7.24. The van der Waals surface area contributed by atoms with Gasteiger partial charge in [0.15, 0.2) is 5.78 Å². The van der Waals surface area contributed by atoms with Crippen molar-refractivity contribution in [1.29, 1.82) is 0 Å². The van der Waals surface area contributed by atoms with Crippen molar-refractivity contribution in [3.8, 4) is 0 Å². The number of azide groups is 1. The molecule has 15 heavy (non-hydrogen) atoms. The zero-order valence-electron chi connectivity index (χ0n) is 8.42. The molecule has 0 aliphatic carbocycles. The van der Waals surface area contributed by atoms with Crippen LogP contribution < -0.4 is 0 Å². The molecule has 0 aromatic heterocycles. The van der Waals surface area contributed by atoms with E-state index in [0.29, 0.717) is 12.1 Å². The maximum absolute atomic E-state index is 11.0. The van der Waals surface area contributed by atoms with Gasteiger partial charge in [-0.05, 0) is 18.0 Å². The van der Waals surface area contributed by atoms with Crippen LogP contribution in [0.3, 0.4) is 0 Å². The second-order valence-electron chi connectivity index (χ2n) is 2.99. The van der Waals surface area contributed by atoms with Gasteiger partial charge in [0.1, 0.15) is 0 Å². The van der Waals surface area contributed by atoms with Crippen molar-refractivity contribution in [2.75, 3.05) is 6.54 Å². The van der Waals surface area contributed by atoms with Gasteiger partial charge in [0.05, 0.1) is 0 Å². The maximum atomic E-state index is 11.0. The van der Waals surface area contributed by atoms with Crippen LogP contribution in [0.5, 0.6) is 0 Å². The molecule has 0 spiro atoms. The van der Waals surface area contributed by atoms with Crippen LogP contribution in [0.4, 0.5) is 0 Å². The largest absolute Gasteiger partial charge is 0.295 e. The van der Waals surface area contributed by atoms with Gasteiger partial charge < -0.3 is 0 Å². The third kappa shape index (κ3) is 3.67. The molecule has 0 N–H and O–H groups in total. The fourth-order valence-corrected chi connectivity index (χ4v) is 1.10. The Bertz CT molecular complexity index is 414. The Morgan fingerprint density at radius 3 is 2.67 bits per heavy atom. The van der Waals surface area contributed by atoms with Crippen molar-refractivity contribution in [1.82, 2.24) is 0 Å². The Kier molecular flexibility index (Phi) is 4.13. The molecule has 4 nitrogen and oxygen atoms in total. The van der Waals surface area contributed by atoms with E-state index in [4.69, 9.17) is 5.53 Å². The molecule has 1 aromatic carbocycles. The zero-order chi connectivity index (χ0) is 11.1. The van der Waals surface area contributed by atoms with E-state index in [-0.39, 0.29) is 5.78 Å². The molecule has 4 heteroatoms. The molecule has 0 fully saturated rings. The molecule has 0 amide bonds. The second-order valence-corrected chi connectivity index (χ2v) is 2.99. The summed E-state index contributed by atoms with van der Waals surface area (Å²) in [6, 6.07) is 7.25. The Balaban J connectivity index is 2.68. The van der Waals surface area contributed by atoms with Gasteiger partial charge in [-0.1, -0.05) is 41.5 Å². The molecule has 0 saturated heterocycles. The Hall–Kier alpha value is -2.06. The van der Waals surface area contributed by atoms with Crippen LogP contribution in [0.15, 0.2) is 35.5 Å². The first-order valence-corrected chi connectivity index (χ1v) is 4.52. The third-order valence-corrected chi connectivity index (χ3v) is 1.88. The summed E-state index contributed by atoms with van der Waals surface area (Å²) < 4.78 is 0. The quantitative estimate of drug-likeness (QED) is 0.319. The fourth-order valence-electron chi connectivity index (χ4n) is 1.10. The van der Waals surface area contributed by atoms with Crippen molar-refractivity contribution in [3.05, 3.63) is 51.9 Å². The number of benzene rings is 1. The molecular weight excluding hydrogens is 190 g/mol. The lowest BCUT2D eigenvalue weighted by atomic mass is 10.1. The minimum Gasteiger partial charge on any atom is -0.295 e. The van der Waals surface area contributed by atoms with E-state index in [1.54, 1.807) is 18.2 Å². The minimum atomic E-state index is 0.0552. The van der Waals surface area contributed by atoms with Gasteiger partial charge in [-0.15, -0.1) is 0 Å². The molecule has 0 radical (unpaired) electrons. The summed E-state index contributed by atoms with van der Waals surface area (Å²) in [6.45, 7) is 1.87. The standard InChI is InChI=1S/C11H11N3O/c1-9(15)11-6-4-10(5-7-11)3-2-8-13-14-12/h2-7H,8H2,1H3. The van der Waals surface area contributed by atoms with E-state index in [1.807, 2.05) is 18.2 Å². The molecule has 0 bridgehead atoms. The zero-order valence-corrected chi connectivity index (χ0v) is 8.42. The van der Waals surface area contributed by atoms with Crippen molar-refractivity contribution in [2.24, 2.45) is 5.11 Å². The molecule has 0 atom stereocenters. The molecule has 0 unspecified atom stereocenters. The van der Waals surface area contributed by atoms with Crippen LogP contribution in [-0.2, 0) is 0 Å². The number of carbonyl (C=O) groups is 1. The highest BCUT2D eigenvalue weighted by atomic mass is 16.1. The first-order valence-electron chi connectivity index (χ1n) is 4.52. The van der Waals surface area contributed by atoms with Crippen LogP contribution in [0.1, 0.15) is 22.8 Å². The Morgan fingerprint density at radius 2 is 2.13 bits per heavy atom. The number of hydrogen-bond donors (Lipinski definition) is 0. The van der Waals surface area contributed by atoms with E-state index < -0.39 is 0 Å². The fraction of sp³-hybridized carbons (Fsp3) is 0.182. The highest BCUT2D eigenvalue weighted by Gasteiger charge is 1.96.